The number of nitrogens with zero attached hydrogens (tertiary/aromatic N) is 1. The van der Waals surface area contributed by atoms with Gasteiger partial charge in [0.05, 0.1) is 17.6 Å². The molecule has 0 bridgehead atoms. The molecule has 0 aliphatic heterocycles. The highest BCUT2D eigenvalue weighted by Crippen LogP contribution is 2.25. The smallest absolute Gasteiger partial charge is 0.306 e. The number of non-ortho nitro benzene ring substituents is 1. The van der Waals surface area contributed by atoms with Crippen LogP contribution >= 0.6 is 23.2 Å². The molecule has 0 heterocycles. The molecule has 10 heteroatoms. The molecule has 31 heavy (non-hydrogen) atoms. The molecule has 2 N–H and O–H groups in total. The first-order chi connectivity index (χ1) is 14.8. The van der Waals surface area contributed by atoms with Crippen molar-refractivity contribution in [3.05, 3.63) is 39.9 Å². The number of carbonyl (C=O) groups is 2. The molecule has 0 aliphatic rings. The molecule has 8 nitrogen and oxygen atoms in total. The molecule has 0 aliphatic carbocycles. The first kappa shape index (κ1) is 27.1. The molecule has 0 aromatic heterocycles. The molecule has 1 amide bonds. The Balaban J connectivity index is 2.81. The topological polar surface area (TPSA) is 119 Å². The van der Waals surface area contributed by atoms with Crippen LogP contribution in [0.4, 0.5) is 5.69 Å². The predicted molar refractivity (Wildman–Crippen MR) is 119 cm³/mol. The monoisotopic (exact) mass is 476 g/mol. The number of unbranched alkanes of at least 4 members (excludes halogenated alkanes) is 6. The molecule has 0 fully saturated rings. The molecule has 0 unspecified atom stereocenters. The molecule has 0 radical (unpaired) electrons. The van der Waals surface area contributed by atoms with E-state index in [0.29, 0.717) is 12.0 Å². The number of nitrogens with one attached hydrogen (secondary N) is 1. The van der Waals surface area contributed by atoms with Crippen LogP contribution < -0.4 is 5.32 Å². The van der Waals surface area contributed by atoms with Crippen LogP contribution in [0, 0.1) is 10.1 Å². The SMILES string of the molecule is CCCCCCCCCC(=O)O[C@H](c1ccc([N+](=O)[O-])cc1)[C@@H](CO)NC(=O)C(Cl)Cl. The summed E-state index contributed by atoms with van der Waals surface area (Å²) < 4.78 is 5.55. The maximum atomic E-state index is 12.4. The molecule has 1 aromatic rings. The first-order valence-corrected chi connectivity index (χ1v) is 11.3. The standard InChI is InChI=1S/C21H30Cl2N2O6/c1-2-3-4-5-6-7-8-9-18(27)31-19(17(14-26)24-21(28)20(22)23)15-10-12-16(13-11-15)25(29)30/h10-13,17,19-20,26H,2-9,14H2,1H3,(H,24,28)/t17-,19-/m1/s1. The lowest BCUT2D eigenvalue weighted by molar-refractivity contribution is -0.384. The number of alkyl halides is 2. The third-order valence-electron chi connectivity index (χ3n) is 4.76. The zero-order valence-electron chi connectivity index (χ0n) is 17.6. The fraction of sp³-hybridized carbons (Fsp3) is 0.619. The summed E-state index contributed by atoms with van der Waals surface area (Å²) >= 11 is 11.1. The summed E-state index contributed by atoms with van der Waals surface area (Å²) in [4.78, 5) is 33.3. The van der Waals surface area contributed by atoms with Crippen LogP contribution in [0.15, 0.2) is 24.3 Å². The number of rotatable bonds is 15. The van der Waals surface area contributed by atoms with Gasteiger partial charge in [0.1, 0.15) is 6.10 Å². The van der Waals surface area contributed by atoms with Crippen LogP contribution in [-0.4, -0.2) is 39.4 Å². The van der Waals surface area contributed by atoms with Gasteiger partial charge in [-0.3, -0.25) is 19.7 Å². The van der Waals surface area contributed by atoms with E-state index in [-0.39, 0.29) is 12.1 Å². The van der Waals surface area contributed by atoms with Crippen LogP contribution in [0.2, 0.25) is 0 Å². The van der Waals surface area contributed by atoms with Crippen LogP contribution in [-0.2, 0) is 14.3 Å². The predicted octanol–water partition coefficient (Wildman–Crippen LogP) is 4.60. The second-order valence-corrected chi connectivity index (χ2v) is 8.33. The maximum Gasteiger partial charge on any atom is 0.306 e. The summed E-state index contributed by atoms with van der Waals surface area (Å²) in [6.45, 7) is 1.60. The fourth-order valence-electron chi connectivity index (χ4n) is 3.06. The van der Waals surface area contributed by atoms with Crippen molar-refractivity contribution in [2.45, 2.75) is 75.3 Å². The average molecular weight is 477 g/mol. The Labute approximate surface area is 192 Å². The second kappa shape index (κ2) is 15.0. The number of aliphatic hydroxyl groups excluding tert-OH is 1. The van der Waals surface area contributed by atoms with E-state index in [0.717, 1.165) is 19.3 Å². The van der Waals surface area contributed by atoms with Crippen molar-refractivity contribution in [3.8, 4) is 0 Å². The van der Waals surface area contributed by atoms with E-state index in [9.17, 15) is 24.8 Å². The summed E-state index contributed by atoms with van der Waals surface area (Å²) in [6.07, 6.45) is 6.44. The van der Waals surface area contributed by atoms with E-state index in [2.05, 4.69) is 12.2 Å². The highest BCUT2D eigenvalue weighted by molar-refractivity contribution is 6.53. The normalized spacial score (nSPS) is 12.9. The number of esters is 1. The van der Waals surface area contributed by atoms with Crippen molar-refractivity contribution in [3.63, 3.8) is 0 Å². The number of carbonyl (C=O) groups excluding carboxylic acids is 2. The Kier molecular flexibility index (Phi) is 13.1. The minimum Gasteiger partial charge on any atom is -0.455 e. The van der Waals surface area contributed by atoms with Gasteiger partial charge >= 0.3 is 5.97 Å². The average Bonchev–Trinajstić information content (AvgIpc) is 2.75. The van der Waals surface area contributed by atoms with Gasteiger partial charge in [-0.2, -0.15) is 0 Å². The second-order valence-electron chi connectivity index (χ2n) is 7.23. The van der Waals surface area contributed by atoms with Gasteiger partial charge in [0, 0.05) is 18.6 Å². The van der Waals surface area contributed by atoms with E-state index in [1.54, 1.807) is 0 Å². The minimum atomic E-state index is -1.37. The lowest BCUT2D eigenvalue weighted by atomic mass is 10.0. The number of hydrogen-bond acceptors (Lipinski definition) is 6. The van der Waals surface area contributed by atoms with E-state index >= 15 is 0 Å². The van der Waals surface area contributed by atoms with Gasteiger partial charge in [-0.15, -0.1) is 0 Å². The van der Waals surface area contributed by atoms with E-state index in [1.165, 1.54) is 43.5 Å². The molecule has 174 valence electrons. The Morgan fingerprint density at radius 1 is 1.10 bits per heavy atom. The van der Waals surface area contributed by atoms with Gasteiger partial charge in [-0.25, -0.2) is 0 Å². The maximum absolute atomic E-state index is 12.4. The number of aliphatic hydroxyl groups is 1. The van der Waals surface area contributed by atoms with Crippen LogP contribution in [0.5, 0.6) is 0 Å². The molecule has 0 saturated carbocycles. The number of benzene rings is 1. The van der Waals surface area contributed by atoms with Crippen molar-refractivity contribution in [1.82, 2.24) is 5.32 Å². The van der Waals surface area contributed by atoms with E-state index in [1.807, 2.05) is 0 Å². The highest BCUT2D eigenvalue weighted by atomic mass is 35.5. The van der Waals surface area contributed by atoms with E-state index < -0.39 is 40.4 Å². The molecular weight excluding hydrogens is 447 g/mol. The van der Waals surface area contributed by atoms with Crippen molar-refractivity contribution < 1.29 is 24.4 Å². The summed E-state index contributed by atoms with van der Waals surface area (Å²) in [7, 11) is 0. The third kappa shape index (κ3) is 10.3. The van der Waals surface area contributed by atoms with Gasteiger partial charge in [0.25, 0.3) is 11.6 Å². The molecule has 1 rings (SSSR count). The minimum absolute atomic E-state index is 0.136. The number of amides is 1. The number of ether oxygens (including phenoxy) is 1. The summed E-state index contributed by atoms with van der Waals surface area (Å²) in [5, 5.41) is 23.1. The highest BCUT2D eigenvalue weighted by Gasteiger charge is 2.29. The first-order valence-electron chi connectivity index (χ1n) is 10.4. The van der Waals surface area contributed by atoms with Gasteiger partial charge in [0.15, 0.2) is 4.84 Å². The number of nitro benzene ring substituents is 1. The number of halogens is 2. The van der Waals surface area contributed by atoms with Gasteiger partial charge in [-0.05, 0) is 24.1 Å². The zero-order chi connectivity index (χ0) is 23.2. The van der Waals surface area contributed by atoms with Crippen molar-refractivity contribution >= 4 is 40.8 Å². The number of nitro groups is 1. The van der Waals surface area contributed by atoms with E-state index in [4.69, 9.17) is 27.9 Å². The summed E-state index contributed by atoms with van der Waals surface area (Å²) in [5.74, 6) is -1.24. The Morgan fingerprint density at radius 2 is 1.68 bits per heavy atom. The van der Waals surface area contributed by atoms with Crippen molar-refractivity contribution in [2.24, 2.45) is 0 Å². The Morgan fingerprint density at radius 3 is 2.19 bits per heavy atom. The lowest BCUT2D eigenvalue weighted by Crippen LogP contribution is -2.45. The van der Waals surface area contributed by atoms with Crippen molar-refractivity contribution in [1.29, 1.82) is 0 Å². The van der Waals surface area contributed by atoms with Gasteiger partial charge in [0.2, 0.25) is 0 Å². The molecule has 0 spiro atoms. The van der Waals surface area contributed by atoms with Crippen LogP contribution in [0.25, 0.3) is 0 Å². The molecule has 1 aromatic carbocycles. The zero-order valence-corrected chi connectivity index (χ0v) is 19.1. The molecule has 0 saturated heterocycles. The fourth-order valence-corrected chi connectivity index (χ4v) is 3.18. The quantitative estimate of drug-likeness (QED) is 0.125. The van der Waals surface area contributed by atoms with Crippen molar-refractivity contribution in [2.75, 3.05) is 6.61 Å². The van der Waals surface area contributed by atoms with Gasteiger partial charge in [-0.1, -0.05) is 68.7 Å². The van der Waals surface area contributed by atoms with Gasteiger partial charge < -0.3 is 15.2 Å². The molecular formula is C21H30Cl2N2O6. The Bertz CT molecular complexity index is 700. The summed E-state index contributed by atoms with van der Waals surface area (Å²) in [6, 6.07) is 4.32. The largest absolute Gasteiger partial charge is 0.455 e. The molecule has 2 atom stereocenters. The van der Waals surface area contributed by atoms with Crippen LogP contribution in [0.1, 0.15) is 70.0 Å². The Hall–Kier alpha value is -1.90. The third-order valence-corrected chi connectivity index (χ3v) is 5.16. The van der Waals surface area contributed by atoms with Crippen LogP contribution in [0.3, 0.4) is 0 Å². The summed E-state index contributed by atoms with van der Waals surface area (Å²) in [5.41, 5.74) is 0.252. The lowest BCUT2D eigenvalue weighted by Gasteiger charge is -2.27. The number of hydrogen-bond donors (Lipinski definition) is 2.